The van der Waals surface area contributed by atoms with Gasteiger partial charge in [-0.1, -0.05) is 36.7 Å². The molecule has 0 fully saturated rings. The molecule has 25 heteroatoms. The maximum Gasteiger partial charge on any atom is 2.00 e. The molecule has 21 nitrogen and oxygen atoms in total. The number of methoxy groups -OCH3 is 3. The van der Waals surface area contributed by atoms with E-state index in [0.29, 0.717) is 27.9 Å². The molecule has 10 heterocycles. The van der Waals surface area contributed by atoms with Crippen LogP contribution < -0.4 is 26.6 Å². The number of aliphatic hydroxyl groups is 1. The summed E-state index contributed by atoms with van der Waals surface area (Å²) in [4.78, 5) is 17.9. The summed E-state index contributed by atoms with van der Waals surface area (Å²) in [7, 11) is 5.00. The molecule has 0 amide bonds. The fraction of sp³-hybridized carbons (Fsp3) is 0.222. The Morgan fingerprint density at radius 3 is 1.30 bits per heavy atom. The first-order valence-electron chi connectivity index (χ1n) is 30.0. The van der Waals surface area contributed by atoms with Crippen LogP contribution in [-0.4, -0.2) is 134 Å². The summed E-state index contributed by atoms with van der Waals surface area (Å²) in [5.41, 5.74) is 18.9. The van der Waals surface area contributed by atoms with Gasteiger partial charge in [-0.25, -0.2) is 47.5 Å². The Bertz CT molecular complexity index is 4770. The van der Waals surface area contributed by atoms with Gasteiger partial charge in [-0.05, 0) is 152 Å². The number of hydrogen-bond donors (Lipinski definition) is 1. The number of pyridine rings is 1. The van der Waals surface area contributed by atoms with E-state index in [4.69, 9.17) is 62.8 Å². The molecule has 13 aromatic rings. The number of fused-ring (bicyclic) bond motifs is 3. The Hall–Kier alpha value is -9.73. The smallest absolute Gasteiger partial charge is 1.00 e. The third-order valence-corrected chi connectivity index (χ3v) is 15.2. The van der Waals surface area contributed by atoms with Crippen molar-refractivity contribution >= 4 is 63.2 Å². The molecule has 13 rings (SSSR count). The number of aryl methyl sites for hydroxylation is 8. The Balaban J connectivity index is 0.000000207. The van der Waals surface area contributed by atoms with Crippen molar-refractivity contribution in [1.82, 2.24) is 78.1 Å². The largest absolute Gasteiger partial charge is 2.00 e. The van der Waals surface area contributed by atoms with E-state index in [1.807, 2.05) is 165 Å². The number of hydrogen-bond acceptors (Lipinski definition) is 15. The first kappa shape index (κ1) is 76.3. The van der Waals surface area contributed by atoms with Crippen LogP contribution in [0.3, 0.4) is 0 Å². The zero-order valence-corrected chi connectivity index (χ0v) is 58.7. The number of aliphatic hydroxyl groups excluding tert-OH is 1. The average Bonchev–Trinajstić information content (AvgIpc) is 1.65. The molecular weight excluding hydrogens is 1300 g/mol. The van der Waals surface area contributed by atoms with E-state index in [9.17, 15) is 5.11 Å². The van der Waals surface area contributed by atoms with Crippen molar-refractivity contribution in [3.8, 4) is 73.8 Å². The van der Waals surface area contributed by atoms with Crippen molar-refractivity contribution in [2.45, 2.75) is 81.1 Å². The monoisotopic (exact) mass is 1370 g/mol. The van der Waals surface area contributed by atoms with Crippen molar-refractivity contribution in [3.05, 3.63) is 240 Å². The summed E-state index contributed by atoms with van der Waals surface area (Å²) in [5.74, 6) is 2.23. The number of ether oxygens (including phenoxy) is 3. The van der Waals surface area contributed by atoms with E-state index in [0.717, 1.165) is 150 Å². The number of benzene rings is 3. The standard InChI is InChI=1S/C22H23N5O.C21H23N5O2.C18H16ClN5O.C6H3ClN2.C4H7.CH4.ClH.Mg/c1-5-6-8-18-13-15(2)24-22-21(16(3)25-27(18)22)19-10-9-17(14-20(19)28-4)26-12-7-11-23-26;1-14-12-17(6-4-11-27)26-21(23-14)20(15(2)24-26)18-8-7-16(13-19(18)28-3)25-10-5-9-22-25;1-11-9-16(19)24-18(21-11)17(12(2)22-24)14-6-5-13(10-15(14)25-3)23-8-4-7-20-23;7-6-2-1-5(3-8)4-9-6;1-3-4-2;;;/h5,7,9-14H,1,6,8H2,2-4H3;5,7-10,12-13,27H,4,6,11H2,1-3H3;4-10H,1-3H3;1-2,4H;3H,1-2,4H2;1H4;1H;/q;;;;-1;;;+2/p-1. The number of allylic oxidation sites excluding steroid dienone is 2. The van der Waals surface area contributed by atoms with E-state index in [1.54, 1.807) is 78.1 Å². The predicted octanol–water partition coefficient (Wildman–Crippen LogP) is 11.6. The van der Waals surface area contributed by atoms with Crippen LogP contribution in [0.1, 0.15) is 77.8 Å². The SMILES string of the molecule is C.C=CCCc1cc(C)nc2c(-c3ccc(-n4cccn4)cc3OC)c(C)nn12.C=CC[CH2-].COc1cc(-n2cccn2)ccc1-c1c(C)nn2c(CCCO)cc(C)nc12.COc1cc(-n2cccn2)ccc1-c1c(C)nn2c(Cl)cc(C)nc12.N#Cc1ccc(Cl)nc1.[Cl-].[Mg+2]. The molecule has 0 unspecified atom stereocenters. The minimum Gasteiger partial charge on any atom is -1.00 e. The van der Waals surface area contributed by atoms with E-state index >= 15 is 0 Å². The minimum absolute atomic E-state index is 0. The van der Waals surface area contributed by atoms with Crippen LogP contribution in [0.2, 0.25) is 10.3 Å². The van der Waals surface area contributed by atoms with Gasteiger partial charge in [-0.15, -0.1) is 19.2 Å². The second-order valence-electron chi connectivity index (χ2n) is 21.3. The summed E-state index contributed by atoms with van der Waals surface area (Å²) >= 11 is 11.8. The van der Waals surface area contributed by atoms with Gasteiger partial charge in [0.1, 0.15) is 33.6 Å². The first-order chi connectivity index (χ1) is 45.6. The van der Waals surface area contributed by atoms with Crippen LogP contribution >= 0.6 is 23.2 Å². The van der Waals surface area contributed by atoms with Gasteiger partial charge in [-0.3, -0.25) is 0 Å². The quantitative estimate of drug-likeness (QED) is 0.0312. The summed E-state index contributed by atoms with van der Waals surface area (Å²) < 4.78 is 27.9. The van der Waals surface area contributed by atoms with Gasteiger partial charge in [0.05, 0.1) is 77.7 Å². The fourth-order valence-corrected chi connectivity index (χ4v) is 10.8. The molecule has 0 bridgehead atoms. The predicted molar refractivity (Wildman–Crippen MR) is 380 cm³/mol. The topological polar surface area (TPSA) is 229 Å². The Morgan fingerprint density at radius 2 is 0.959 bits per heavy atom. The Morgan fingerprint density at radius 1 is 0.567 bits per heavy atom. The molecule has 0 saturated heterocycles. The third-order valence-electron chi connectivity index (χ3n) is 14.7. The van der Waals surface area contributed by atoms with E-state index in [2.05, 4.69) is 56.5 Å². The van der Waals surface area contributed by atoms with Gasteiger partial charge >= 0.3 is 23.1 Å². The van der Waals surface area contributed by atoms with Crippen molar-refractivity contribution in [3.63, 3.8) is 0 Å². The molecular formula is C72H76Cl3MgN17O4. The van der Waals surface area contributed by atoms with Gasteiger partial charge in [0, 0.05) is 113 Å². The molecule has 3 aromatic carbocycles. The molecule has 0 aliphatic heterocycles. The summed E-state index contributed by atoms with van der Waals surface area (Å²) in [6, 6.07) is 34.7. The molecule has 0 aliphatic carbocycles. The first-order valence-corrected chi connectivity index (χ1v) is 30.8. The second-order valence-corrected chi connectivity index (χ2v) is 22.1. The number of rotatable bonds is 16. The van der Waals surface area contributed by atoms with Crippen molar-refractivity contribution < 1.29 is 31.7 Å². The Labute approximate surface area is 597 Å². The number of nitrogens with zero attached hydrogens (tertiary/aromatic N) is 17. The van der Waals surface area contributed by atoms with Crippen LogP contribution in [-0.2, 0) is 12.8 Å². The molecule has 1 N–H and O–H groups in total. The maximum atomic E-state index is 9.21. The maximum absolute atomic E-state index is 9.21. The van der Waals surface area contributed by atoms with E-state index < -0.39 is 0 Å². The van der Waals surface area contributed by atoms with Crippen molar-refractivity contribution in [1.29, 1.82) is 5.26 Å². The van der Waals surface area contributed by atoms with Gasteiger partial charge in [0.2, 0.25) is 0 Å². The van der Waals surface area contributed by atoms with Gasteiger partial charge in [-0.2, -0.15) is 42.3 Å². The van der Waals surface area contributed by atoms with E-state index in [1.165, 1.54) is 6.20 Å². The van der Waals surface area contributed by atoms with Crippen LogP contribution in [0, 0.1) is 59.8 Å². The minimum atomic E-state index is 0. The summed E-state index contributed by atoms with van der Waals surface area (Å²) in [6.45, 7) is 22.7. The Kier molecular flexibility index (Phi) is 28.2. The third kappa shape index (κ3) is 17.8. The zero-order chi connectivity index (χ0) is 67.0. The van der Waals surface area contributed by atoms with Crippen LogP contribution in [0.15, 0.2) is 172 Å². The van der Waals surface area contributed by atoms with Gasteiger partial charge < -0.3 is 38.6 Å². The number of halogens is 3. The molecule has 97 heavy (non-hydrogen) atoms. The number of nitriles is 1. The second kappa shape index (κ2) is 35.9. The normalized spacial score (nSPS) is 10.4. The molecule has 496 valence electrons. The molecule has 10 aromatic heterocycles. The molecule has 0 radical (unpaired) electrons. The summed E-state index contributed by atoms with van der Waals surface area (Å²) in [6.07, 6.45) is 20.1. The van der Waals surface area contributed by atoms with E-state index in [-0.39, 0.29) is 49.5 Å². The van der Waals surface area contributed by atoms with Gasteiger partial charge in [0.25, 0.3) is 0 Å². The molecule has 0 spiro atoms. The van der Waals surface area contributed by atoms with Gasteiger partial charge in [0.15, 0.2) is 16.9 Å². The molecule has 0 atom stereocenters. The van der Waals surface area contributed by atoms with Crippen molar-refractivity contribution in [2.24, 2.45) is 0 Å². The average molecular weight is 1370 g/mol. The van der Waals surface area contributed by atoms with Crippen LogP contribution in [0.25, 0.3) is 67.4 Å². The summed E-state index contributed by atoms with van der Waals surface area (Å²) in [5, 5.41) is 45.3. The van der Waals surface area contributed by atoms with Crippen molar-refractivity contribution in [2.75, 3.05) is 27.9 Å². The zero-order valence-electron chi connectivity index (χ0n) is 55.0. The molecule has 0 aliphatic rings. The number of aromatic nitrogens is 16. The van der Waals surface area contributed by atoms with Crippen LogP contribution in [0.4, 0.5) is 0 Å². The molecule has 0 saturated carbocycles. The fourth-order valence-electron chi connectivity index (χ4n) is 10.4. The van der Waals surface area contributed by atoms with Crippen LogP contribution in [0.5, 0.6) is 17.2 Å².